The first-order valence-corrected chi connectivity index (χ1v) is 5.09. The Hall–Kier alpha value is -1.98. The average Bonchev–Trinajstić information content (AvgIpc) is 2.27. The van der Waals surface area contributed by atoms with Crippen LogP contribution in [0.5, 0.6) is 5.75 Å². The SMILES string of the molecule is CCOC(=O)C=Cc1ccc(O)c(C(F)(F)F)c1. The molecule has 0 aliphatic rings. The van der Waals surface area contributed by atoms with Crippen molar-refractivity contribution in [1.82, 2.24) is 0 Å². The van der Waals surface area contributed by atoms with Crippen LogP contribution in [0.25, 0.3) is 6.08 Å². The lowest BCUT2D eigenvalue weighted by molar-refractivity contribution is -0.139. The van der Waals surface area contributed by atoms with Gasteiger partial charge in [-0.3, -0.25) is 0 Å². The first-order valence-electron chi connectivity index (χ1n) is 5.09. The van der Waals surface area contributed by atoms with E-state index in [1.54, 1.807) is 6.92 Å². The van der Waals surface area contributed by atoms with Crippen molar-refractivity contribution in [2.75, 3.05) is 6.61 Å². The summed E-state index contributed by atoms with van der Waals surface area (Å²) >= 11 is 0. The fourth-order valence-electron chi connectivity index (χ4n) is 1.24. The lowest BCUT2D eigenvalue weighted by Crippen LogP contribution is -2.05. The van der Waals surface area contributed by atoms with Gasteiger partial charge in [0, 0.05) is 6.08 Å². The molecule has 0 atom stereocenters. The van der Waals surface area contributed by atoms with Crippen LogP contribution >= 0.6 is 0 Å². The van der Waals surface area contributed by atoms with Crippen molar-refractivity contribution >= 4 is 12.0 Å². The van der Waals surface area contributed by atoms with Gasteiger partial charge in [-0.25, -0.2) is 4.79 Å². The Kier molecular flexibility index (Phi) is 4.36. The molecule has 18 heavy (non-hydrogen) atoms. The summed E-state index contributed by atoms with van der Waals surface area (Å²) in [4.78, 5) is 11.0. The highest BCUT2D eigenvalue weighted by atomic mass is 19.4. The third-order valence-electron chi connectivity index (χ3n) is 2.02. The molecule has 0 aliphatic heterocycles. The number of benzene rings is 1. The Labute approximate surface area is 101 Å². The number of phenolic OH excluding ortho intramolecular Hbond substituents is 1. The van der Waals surface area contributed by atoms with Crippen molar-refractivity contribution in [3.05, 3.63) is 35.4 Å². The third kappa shape index (κ3) is 3.80. The van der Waals surface area contributed by atoms with Gasteiger partial charge in [-0.2, -0.15) is 13.2 Å². The topological polar surface area (TPSA) is 46.5 Å². The molecule has 0 fully saturated rings. The summed E-state index contributed by atoms with van der Waals surface area (Å²) in [7, 11) is 0. The minimum absolute atomic E-state index is 0.146. The van der Waals surface area contributed by atoms with Gasteiger partial charge < -0.3 is 9.84 Å². The molecule has 1 N–H and O–H groups in total. The number of phenols is 1. The summed E-state index contributed by atoms with van der Waals surface area (Å²) in [6.07, 6.45) is -2.43. The number of rotatable bonds is 3. The molecule has 0 saturated heterocycles. The fourth-order valence-corrected chi connectivity index (χ4v) is 1.24. The van der Waals surface area contributed by atoms with Crippen molar-refractivity contribution in [1.29, 1.82) is 0 Å². The van der Waals surface area contributed by atoms with E-state index in [1.165, 1.54) is 12.1 Å². The van der Waals surface area contributed by atoms with E-state index in [1.807, 2.05) is 0 Å². The Balaban J connectivity index is 2.96. The Morgan fingerprint density at radius 2 is 2.11 bits per heavy atom. The van der Waals surface area contributed by atoms with E-state index < -0.39 is 23.5 Å². The summed E-state index contributed by atoms with van der Waals surface area (Å²) in [5.74, 6) is -1.49. The van der Waals surface area contributed by atoms with Crippen LogP contribution in [-0.4, -0.2) is 17.7 Å². The zero-order valence-electron chi connectivity index (χ0n) is 9.49. The Bertz CT molecular complexity index is 464. The molecule has 6 heteroatoms. The van der Waals surface area contributed by atoms with Crippen molar-refractivity contribution in [3.8, 4) is 5.75 Å². The highest BCUT2D eigenvalue weighted by Crippen LogP contribution is 2.36. The molecule has 0 aliphatic carbocycles. The van der Waals surface area contributed by atoms with Crippen LogP contribution in [0.2, 0.25) is 0 Å². The number of ether oxygens (including phenoxy) is 1. The van der Waals surface area contributed by atoms with E-state index in [2.05, 4.69) is 4.74 Å². The molecule has 0 saturated carbocycles. The van der Waals surface area contributed by atoms with Gasteiger partial charge in [0.1, 0.15) is 5.75 Å². The van der Waals surface area contributed by atoms with Gasteiger partial charge >= 0.3 is 12.1 Å². The molecule has 3 nitrogen and oxygen atoms in total. The minimum atomic E-state index is -4.64. The Morgan fingerprint density at radius 3 is 2.67 bits per heavy atom. The van der Waals surface area contributed by atoms with Gasteiger partial charge in [0.2, 0.25) is 0 Å². The van der Waals surface area contributed by atoms with Crippen molar-refractivity contribution in [3.63, 3.8) is 0 Å². The number of hydrogen-bond donors (Lipinski definition) is 1. The molecular weight excluding hydrogens is 249 g/mol. The van der Waals surface area contributed by atoms with Crippen molar-refractivity contribution < 1.29 is 27.8 Å². The lowest BCUT2D eigenvalue weighted by atomic mass is 10.1. The zero-order chi connectivity index (χ0) is 13.8. The number of aromatic hydroxyl groups is 1. The molecule has 0 bridgehead atoms. The molecule has 1 rings (SSSR count). The minimum Gasteiger partial charge on any atom is -0.507 e. The molecule has 0 unspecified atom stereocenters. The maximum atomic E-state index is 12.5. The first-order chi connectivity index (χ1) is 8.34. The van der Waals surface area contributed by atoms with Gasteiger partial charge in [-0.15, -0.1) is 0 Å². The lowest BCUT2D eigenvalue weighted by Gasteiger charge is -2.09. The summed E-state index contributed by atoms with van der Waals surface area (Å²) in [6, 6.07) is 2.94. The van der Waals surface area contributed by atoms with Crippen LogP contribution in [0.3, 0.4) is 0 Å². The van der Waals surface area contributed by atoms with E-state index in [4.69, 9.17) is 5.11 Å². The van der Waals surface area contributed by atoms with Gasteiger partial charge in [0.25, 0.3) is 0 Å². The van der Waals surface area contributed by atoms with E-state index in [-0.39, 0.29) is 12.2 Å². The number of halogens is 3. The summed E-state index contributed by atoms with van der Waals surface area (Å²) < 4.78 is 42.0. The molecule has 0 radical (unpaired) electrons. The van der Waals surface area contributed by atoms with Crippen molar-refractivity contribution in [2.45, 2.75) is 13.1 Å². The maximum absolute atomic E-state index is 12.5. The number of carbonyl (C=O) groups is 1. The fraction of sp³-hybridized carbons (Fsp3) is 0.250. The van der Waals surface area contributed by atoms with Crippen LogP contribution in [0.15, 0.2) is 24.3 Å². The molecule has 0 aromatic heterocycles. The Morgan fingerprint density at radius 1 is 1.44 bits per heavy atom. The highest BCUT2D eigenvalue weighted by molar-refractivity contribution is 5.87. The smallest absolute Gasteiger partial charge is 0.419 e. The highest BCUT2D eigenvalue weighted by Gasteiger charge is 2.33. The average molecular weight is 260 g/mol. The predicted molar refractivity (Wildman–Crippen MR) is 58.8 cm³/mol. The molecule has 1 aromatic rings. The van der Waals surface area contributed by atoms with E-state index in [9.17, 15) is 18.0 Å². The quantitative estimate of drug-likeness (QED) is 0.671. The second kappa shape index (κ2) is 5.57. The summed E-state index contributed by atoms with van der Waals surface area (Å²) in [5.41, 5.74) is -0.998. The van der Waals surface area contributed by atoms with Crippen LogP contribution in [0.4, 0.5) is 13.2 Å². The summed E-state index contributed by atoms with van der Waals surface area (Å²) in [5, 5.41) is 9.10. The zero-order valence-corrected chi connectivity index (χ0v) is 9.49. The molecule has 0 amide bonds. The second-order valence-corrected chi connectivity index (χ2v) is 3.36. The van der Waals surface area contributed by atoms with Gasteiger partial charge in [0.05, 0.1) is 12.2 Å². The maximum Gasteiger partial charge on any atom is 0.419 e. The second-order valence-electron chi connectivity index (χ2n) is 3.36. The molecule has 0 spiro atoms. The van der Waals surface area contributed by atoms with E-state index in [0.29, 0.717) is 0 Å². The van der Waals surface area contributed by atoms with Crippen LogP contribution in [0.1, 0.15) is 18.1 Å². The van der Waals surface area contributed by atoms with E-state index >= 15 is 0 Å². The molecule has 98 valence electrons. The van der Waals surface area contributed by atoms with Crippen molar-refractivity contribution in [2.24, 2.45) is 0 Å². The number of carbonyl (C=O) groups excluding carboxylic acids is 1. The van der Waals surface area contributed by atoms with Gasteiger partial charge in [0.15, 0.2) is 0 Å². The number of esters is 1. The predicted octanol–water partition coefficient (Wildman–Crippen LogP) is 2.99. The van der Waals surface area contributed by atoms with Crippen LogP contribution in [0, 0.1) is 0 Å². The molecule has 1 aromatic carbocycles. The van der Waals surface area contributed by atoms with Crippen LogP contribution < -0.4 is 0 Å². The largest absolute Gasteiger partial charge is 0.507 e. The van der Waals surface area contributed by atoms with E-state index in [0.717, 1.165) is 18.2 Å². The molecular formula is C12H11F3O3. The van der Waals surface area contributed by atoms with Gasteiger partial charge in [-0.05, 0) is 30.7 Å². The first kappa shape index (κ1) is 14.1. The normalized spacial score (nSPS) is 11.8. The molecule has 0 heterocycles. The monoisotopic (exact) mass is 260 g/mol. The number of hydrogen-bond acceptors (Lipinski definition) is 3. The standard InChI is InChI=1S/C12H11F3O3/c1-2-18-11(17)6-4-8-3-5-10(16)9(7-8)12(13,14)15/h3-7,16H,2H2,1H3. The number of alkyl halides is 3. The van der Waals surface area contributed by atoms with Crippen LogP contribution in [-0.2, 0) is 15.7 Å². The summed E-state index contributed by atoms with van der Waals surface area (Å²) in [6.45, 7) is 1.81. The third-order valence-corrected chi connectivity index (χ3v) is 2.02. The van der Waals surface area contributed by atoms with Gasteiger partial charge in [-0.1, -0.05) is 6.07 Å².